The number of carboxylic acids is 3. The molecule has 0 heterocycles. The van der Waals surface area contributed by atoms with Crippen LogP contribution in [0.3, 0.4) is 0 Å². The van der Waals surface area contributed by atoms with Crippen LogP contribution < -0.4 is 27.4 Å². The Morgan fingerprint density at radius 1 is 0.735 bits per heavy atom. The van der Waals surface area contributed by atoms with Gasteiger partial charge in [-0.25, -0.2) is 4.79 Å². The minimum Gasteiger partial charge on any atom is -0.481 e. The molecule has 14 heteroatoms. The minimum absolute atomic E-state index is 0.0803. The number of hydrogen-bond acceptors (Lipinski definition) is 8. The third-order valence-corrected chi connectivity index (χ3v) is 4.65. The number of carbonyl (C=O) groups is 6. The van der Waals surface area contributed by atoms with Crippen molar-refractivity contribution in [3.05, 3.63) is 0 Å². The van der Waals surface area contributed by atoms with Gasteiger partial charge in [0.15, 0.2) is 0 Å². The smallest absolute Gasteiger partial charge is 0.326 e. The molecule has 0 aliphatic heterocycles. The van der Waals surface area contributed by atoms with Crippen molar-refractivity contribution in [1.29, 1.82) is 0 Å². The number of amides is 3. The molecule has 0 aromatic heterocycles. The monoisotopic (exact) mass is 489 g/mol. The van der Waals surface area contributed by atoms with Crippen molar-refractivity contribution in [3.63, 3.8) is 0 Å². The van der Waals surface area contributed by atoms with Gasteiger partial charge >= 0.3 is 17.9 Å². The molecule has 0 fully saturated rings. The summed E-state index contributed by atoms with van der Waals surface area (Å²) >= 11 is 0. The van der Waals surface area contributed by atoms with Gasteiger partial charge in [-0.3, -0.25) is 24.0 Å². The molecule has 4 atom stereocenters. The second-order valence-electron chi connectivity index (χ2n) is 8.24. The molecule has 0 spiro atoms. The zero-order chi connectivity index (χ0) is 26.4. The molecule has 0 radical (unpaired) electrons. The van der Waals surface area contributed by atoms with Crippen LogP contribution in [0.2, 0.25) is 0 Å². The van der Waals surface area contributed by atoms with Gasteiger partial charge in [-0.2, -0.15) is 0 Å². The summed E-state index contributed by atoms with van der Waals surface area (Å²) in [5.74, 6) is -7.39. The SMILES string of the molecule is CC(C)CC(NC(=O)C(N)CCCCN)C(=O)NC(CC(=O)O)C(=O)NC(CC(=O)O)C(=O)O. The third-order valence-electron chi connectivity index (χ3n) is 4.65. The van der Waals surface area contributed by atoms with E-state index in [2.05, 4.69) is 10.6 Å². The molecule has 4 unspecified atom stereocenters. The van der Waals surface area contributed by atoms with Crippen LogP contribution in [0.5, 0.6) is 0 Å². The average Bonchev–Trinajstić information content (AvgIpc) is 2.71. The number of unbranched alkanes of at least 4 members (excludes halogenated alkanes) is 1. The van der Waals surface area contributed by atoms with Gasteiger partial charge in [0.05, 0.1) is 18.9 Å². The molecule has 0 aliphatic rings. The molecule has 10 N–H and O–H groups in total. The van der Waals surface area contributed by atoms with Crippen molar-refractivity contribution in [2.45, 2.75) is 76.5 Å². The summed E-state index contributed by atoms with van der Waals surface area (Å²) < 4.78 is 0. The molecule has 34 heavy (non-hydrogen) atoms. The Kier molecular flexibility index (Phi) is 14.1. The third kappa shape index (κ3) is 12.7. The van der Waals surface area contributed by atoms with Crippen LogP contribution in [0, 0.1) is 5.92 Å². The van der Waals surface area contributed by atoms with Crippen LogP contribution in [-0.4, -0.2) is 81.7 Å². The number of hydrogen-bond donors (Lipinski definition) is 8. The molecule has 14 nitrogen and oxygen atoms in total. The van der Waals surface area contributed by atoms with E-state index in [-0.39, 0.29) is 12.3 Å². The zero-order valence-corrected chi connectivity index (χ0v) is 19.3. The first-order valence-corrected chi connectivity index (χ1v) is 10.8. The fourth-order valence-corrected chi connectivity index (χ4v) is 2.92. The predicted molar refractivity (Wildman–Crippen MR) is 118 cm³/mol. The Hall–Kier alpha value is -3.26. The number of rotatable bonds is 17. The zero-order valence-electron chi connectivity index (χ0n) is 19.3. The lowest BCUT2D eigenvalue weighted by molar-refractivity contribution is -0.148. The molecule has 0 aliphatic carbocycles. The first-order valence-electron chi connectivity index (χ1n) is 10.8. The first-order chi connectivity index (χ1) is 15.8. The molecule has 0 aromatic carbocycles. The lowest BCUT2D eigenvalue weighted by Crippen LogP contribution is -2.57. The topological polar surface area (TPSA) is 251 Å². The fourth-order valence-electron chi connectivity index (χ4n) is 2.92. The van der Waals surface area contributed by atoms with Gasteiger partial charge in [0.2, 0.25) is 17.7 Å². The molecule has 0 saturated carbocycles. The normalized spacial score (nSPS) is 14.4. The van der Waals surface area contributed by atoms with E-state index in [1.54, 1.807) is 13.8 Å². The quantitative estimate of drug-likeness (QED) is 0.103. The first kappa shape index (κ1) is 30.7. The summed E-state index contributed by atoms with van der Waals surface area (Å²) in [5.41, 5.74) is 11.3. The van der Waals surface area contributed by atoms with Gasteiger partial charge in [0.1, 0.15) is 18.1 Å². The van der Waals surface area contributed by atoms with E-state index in [0.717, 1.165) is 0 Å². The van der Waals surface area contributed by atoms with E-state index in [1.807, 2.05) is 5.32 Å². The number of nitrogens with one attached hydrogen (secondary N) is 3. The van der Waals surface area contributed by atoms with Crippen LogP contribution in [-0.2, 0) is 28.8 Å². The van der Waals surface area contributed by atoms with Crippen molar-refractivity contribution in [1.82, 2.24) is 16.0 Å². The number of carboxylic acid groups (broad SMARTS) is 3. The second kappa shape index (κ2) is 15.6. The van der Waals surface area contributed by atoms with E-state index in [9.17, 15) is 28.8 Å². The maximum atomic E-state index is 12.8. The van der Waals surface area contributed by atoms with Crippen LogP contribution in [0.15, 0.2) is 0 Å². The van der Waals surface area contributed by atoms with Crippen molar-refractivity contribution in [2.75, 3.05) is 6.54 Å². The Morgan fingerprint density at radius 3 is 1.68 bits per heavy atom. The van der Waals surface area contributed by atoms with Gasteiger partial charge < -0.3 is 42.7 Å². The molecule has 0 aromatic rings. The van der Waals surface area contributed by atoms with Gasteiger partial charge in [-0.05, 0) is 31.7 Å². The molecule has 0 rings (SSSR count). The number of aliphatic carboxylic acids is 3. The van der Waals surface area contributed by atoms with Gasteiger partial charge in [-0.1, -0.05) is 20.3 Å². The fraction of sp³-hybridized carbons (Fsp3) is 0.700. The van der Waals surface area contributed by atoms with E-state index < -0.39 is 72.6 Å². The summed E-state index contributed by atoms with van der Waals surface area (Å²) in [6, 6.07) is -5.60. The Balaban J connectivity index is 5.46. The largest absolute Gasteiger partial charge is 0.481 e. The second-order valence-corrected chi connectivity index (χ2v) is 8.24. The van der Waals surface area contributed by atoms with Gasteiger partial charge in [0, 0.05) is 0 Å². The standard InChI is InChI=1S/C20H35N5O9/c1-10(2)7-12(23-17(30)11(22)5-3-4-6-21)18(31)24-13(8-15(26)27)19(32)25-14(20(33)34)9-16(28)29/h10-14H,3-9,21-22H2,1-2H3,(H,23,30)(H,24,31)(H,25,32)(H,26,27)(H,28,29)(H,33,34). The lowest BCUT2D eigenvalue weighted by atomic mass is 10.0. The number of nitrogens with two attached hydrogens (primary N) is 2. The molecule has 3 amide bonds. The highest BCUT2D eigenvalue weighted by Gasteiger charge is 2.32. The predicted octanol–water partition coefficient (Wildman–Crippen LogP) is -2.02. The molecule has 0 saturated heterocycles. The van der Waals surface area contributed by atoms with Crippen molar-refractivity contribution >= 4 is 35.6 Å². The van der Waals surface area contributed by atoms with Crippen LogP contribution in [0.1, 0.15) is 52.4 Å². The summed E-state index contributed by atoms with van der Waals surface area (Å²) in [4.78, 5) is 70.9. The van der Waals surface area contributed by atoms with Crippen molar-refractivity contribution in [3.8, 4) is 0 Å². The Bertz CT molecular complexity index is 744. The molecule has 194 valence electrons. The summed E-state index contributed by atoms with van der Waals surface area (Å²) in [6.45, 7) is 3.99. The van der Waals surface area contributed by atoms with E-state index in [4.69, 9.17) is 26.8 Å². The van der Waals surface area contributed by atoms with Crippen molar-refractivity contribution < 1.29 is 44.1 Å². The van der Waals surface area contributed by atoms with E-state index in [0.29, 0.717) is 25.8 Å². The molecular formula is C20H35N5O9. The minimum atomic E-state index is -1.84. The highest BCUT2D eigenvalue weighted by molar-refractivity contribution is 5.96. The summed E-state index contributed by atoms with van der Waals surface area (Å²) in [6.07, 6.45) is -0.106. The lowest BCUT2D eigenvalue weighted by Gasteiger charge is -2.25. The van der Waals surface area contributed by atoms with Crippen LogP contribution in [0.25, 0.3) is 0 Å². The highest BCUT2D eigenvalue weighted by atomic mass is 16.4. The highest BCUT2D eigenvalue weighted by Crippen LogP contribution is 2.08. The van der Waals surface area contributed by atoms with Crippen molar-refractivity contribution in [2.24, 2.45) is 17.4 Å². The van der Waals surface area contributed by atoms with Crippen LogP contribution in [0.4, 0.5) is 0 Å². The summed E-state index contributed by atoms with van der Waals surface area (Å²) in [7, 11) is 0. The Morgan fingerprint density at radius 2 is 1.21 bits per heavy atom. The number of carbonyl (C=O) groups excluding carboxylic acids is 3. The van der Waals surface area contributed by atoms with E-state index in [1.165, 1.54) is 0 Å². The Labute approximate surface area is 196 Å². The van der Waals surface area contributed by atoms with Crippen LogP contribution >= 0.6 is 0 Å². The molecule has 0 bridgehead atoms. The summed E-state index contributed by atoms with van der Waals surface area (Å²) in [5, 5.41) is 33.6. The van der Waals surface area contributed by atoms with E-state index >= 15 is 0 Å². The molecular weight excluding hydrogens is 454 g/mol. The maximum absolute atomic E-state index is 12.8. The maximum Gasteiger partial charge on any atom is 0.326 e. The van der Waals surface area contributed by atoms with Gasteiger partial charge in [-0.15, -0.1) is 0 Å². The van der Waals surface area contributed by atoms with Gasteiger partial charge in [0.25, 0.3) is 0 Å². The average molecular weight is 490 g/mol.